The predicted octanol–water partition coefficient (Wildman–Crippen LogP) is 3.08. The highest BCUT2D eigenvalue weighted by Gasteiger charge is 2.32. The summed E-state index contributed by atoms with van der Waals surface area (Å²) < 4.78 is 0.776. The first-order valence-electron chi connectivity index (χ1n) is 4.13. The van der Waals surface area contributed by atoms with Crippen LogP contribution in [-0.4, -0.2) is 14.1 Å². The molecular weight excluding hydrogens is 123 g/mol. The average Bonchev–Trinajstić information content (AvgIpc) is 1.77. The van der Waals surface area contributed by atoms with Crippen LogP contribution in [-0.2, 0) is 0 Å². The first-order valence-corrected chi connectivity index (χ1v) is 6.68. The van der Waals surface area contributed by atoms with Crippen LogP contribution in [0.1, 0.15) is 33.1 Å². The smallest absolute Gasteiger partial charge is 0.105 e. The Labute approximate surface area is 63.0 Å². The molecule has 1 heteroatoms. The molecule has 1 rings (SSSR count). The van der Waals surface area contributed by atoms with Crippen LogP contribution in [0.15, 0.2) is 0 Å². The molecule has 0 bridgehead atoms. The third-order valence-corrected chi connectivity index (χ3v) is 7.27. The summed E-state index contributed by atoms with van der Waals surface area (Å²) in [6.45, 7) is 4.92. The summed E-state index contributed by atoms with van der Waals surface area (Å²) in [4.78, 5) is 0. The number of hydrogen-bond donors (Lipinski definition) is 0. The summed E-state index contributed by atoms with van der Waals surface area (Å²) in [6, 6.07) is 0. The van der Waals surface area contributed by atoms with Crippen molar-refractivity contribution in [1.82, 2.24) is 0 Å². The van der Waals surface area contributed by atoms with Gasteiger partial charge in [0.25, 0.3) is 14.1 Å². The summed E-state index contributed by atoms with van der Waals surface area (Å²) in [5.41, 5.74) is 0. The van der Waals surface area contributed by atoms with Gasteiger partial charge >= 0.3 is 0 Å². The second kappa shape index (κ2) is 2.64. The quantitative estimate of drug-likeness (QED) is 0.453. The molecule has 0 aromatic heterocycles. The molecule has 1 saturated heterocycles. The minimum absolute atomic E-state index is 0.304. The highest BCUT2D eigenvalue weighted by molar-refractivity contribution is 6.60. The lowest BCUT2D eigenvalue weighted by Gasteiger charge is -2.32. The van der Waals surface area contributed by atoms with Crippen LogP contribution >= 0.6 is 0 Å². The van der Waals surface area contributed by atoms with E-state index in [1.807, 2.05) is 0 Å². The molecule has 52 valence electrons. The first-order chi connectivity index (χ1) is 4.13. The van der Waals surface area contributed by atoms with E-state index in [0.717, 1.165) is 4.28 Å². The van der Waals surface area contributed by atoms with Gasteiger partial charge in [-0.25, -0.2) is 0 Å². The summed E-state index contributed by atoms with van der Waals surface area (Å²) >= 11 is -0.304. The van der Waals surface area contributed by atoms with E-state index in [1.54, 1.807) is 5.28 Å². The molecule has 9 heavy (non-hydrogen) atoms. The van der Waals surface area contributed by atoms with Gasteiger partial charge in [0, 0.05) is 0 Å². The van der Waals surface area contributed by atoms with Crippen molar-refractivity contribution >= 4 is 14.1 Å². The maximum atomic E-state index is 2.53. The van der Waals surface area contributed by atoms with Gasteiger partial charge in [-0.2, -0.15) is 0 Å². The van der Waals surface area contributed by atoms with Crippen molar-refractivity contribution in [2.45, 2.75) is 48.5 Å². The predicted molar refractivity (Wildman–Crippen MR) is 44.3 cm³/mol. The van der Waals surface area contributed by atoms with Crippen molar-refractivity contribution < 1.29 is 0 Å². The largest absolute Gasteiger partial charge is 0.265 e. The molecule has 1 fully saturated rings. The van der Waals surface area contributed by atoms with E-state index >= 15 is 0 Å². The zero-order chi connectivity index (χ0) is 6.91. The van der Waals surface area contributed by atoms with Gasteiger partial charge in [0.15, 0.2) is 0 Å². The monoisotopic (exact) mass is 140 g/mol. The molecule has 0 N–H and O–H groups in total. The van der Waals surface area contributed by atoms with Gasteiger partial charge in [-0.1, -0.05) is 42.7 Å². The Morgan fingerprint density at radius 2 is 1.89 bits per heavy atom. The lowest BCUT2D eigenvalue weighted by molar-refractivity contribution is 0.523. The van der Waals surface area contributed by atoms with Crippen molar-refractivity contribution in [1.29, 1.82) is 0 Å². The molecule has 1 heterocycles. The van der Waals surface area contributed by atoms with E-state index in [-0.39, 0.29) is 14.1 Å². The van der Waals surface area contributed by atoms with Crippen LogP contribution in [0, 0.1) is 0 Å². The Morgan fingerprint density at radius 1 is 1.22 bits per heavy atom. The van der Waals surface area contributed by atoms with Crippen LogP contribution in [0.25, 0.3) is 0 Å². The molecule has 0 amide bonds. The molecule has 0 aromatic carbocycles. The van der Waals surface area contributed by atoms with Gasteiger partial charge in [0.2, 0.25) is 0 Å². The van der Waals surface area contributed by atoms with E-state index in [9.17, 15) is 0 Å². The Balaban J connectivity index is 2.49. The van der Waals surface area contributed by atoms with Gasteiger partial charge in [-0.15, -0.1) is 5.79 Å². The average molecular weight is 140 g/mol. The van der Waals surface area contributed by atoms with Crippen molar-refractivity contribution in [3.05, 3.63) is 0 Å². The number of hydrogen-bond acceptors (Lipinski definition) is 0. The lowest BCUT2D eigenvalue weighted by atomic mass is 10.0. The maximum Gasteiger partial charge on any atom is 0.265 e. The van der Waals surface area contributed by atoms with Crippen molar-refractivity contribution in [2.24, 2.45) is 0 Å². The van der Waals surface area contributed by atoms with E-state index in [4.69, 9.17) is 0 Å². The summed E-state index contributed by atoms with van der Waals surface area (Å²) in [7, 11) is 0. The molecule has 1 aliphatic heterocycles. The van der Waals surface area contributed by atoms with Crippen molar-refractivity contribution in [2.75, 3.05) is 0 Å². The molecule has 1 aliphatic rings. The Kier molecular flexibility index (Phi) is 2.24. The van der Waals surface area contributed by atoms with Gasteiger partial charge in [-0.05, 0) is 0 Å². The van der Waals surface area contributed by atoms with Crippen LogP contribution < -0.4 is 0 Å². The van der Waals surface area contributed by atoms with E-state index in [2.05, 4.69) is 19.6 Å². The molecule has 0 atom stereocenters. The molecule has 0 nitrogen and oxygen atoms in total. The third-order valence-electron chi connectivity index (χ3n) is 3.04. The third kappa shape index (κ3) is 1.72. The van der Waals surface area contributed by atoms with Crippen LogP contribution in [0.2, 0.25) is 15.3 Å². The van der Waals surface area contributed by atoms with E-state index < -0.39 is 0 Å². The normalized spacial score (nSPS) is 26.3. The molecular formula is C8H17Al. The van der Waals surface area contributed by atoms with Gasteiger partial charge in [-0.3, -0.25) is 0 Å². The van der Waals surface area contributed by atoms with Crippen LogP contribution in [0.3, 0.4) is 0 Å². The first kappa shape index (κ1) is 7.64. The zero-order valence-corrected chi connectivity index (χ0v) is 8.06. The lowest BCUT2D eigenvalue weighted by Crippen LogP contribution is -2.27. The van der Waals surface area contributed by atoms with Gasteiger partial charge in [0.1, 0.15) is 0 Å². The second-order valence-corrected chi connectivity index (χ2v) is 8.08. The van der Waals surface area contributed by atoms with Gasteiger partial charge in [0.05, 0.1) is 0 Å². The standard InChI is InChI=1S/C7H14.CH3.Al/c1-4-5-6-7(2)3;;/h1,4-6H2,2-3H3;1H3;. The highest BCUT2D eigenvalue weighted by atomic mass is 27.2. The summed E-state index contributed by atoms with van der Waals surface area (Å²) in [5, 5.41) is 1.59. The summed E-state index contributed by atoms with van der Waals surface area (Å²) in [5.74, 6) is 2.53. The van der Waals surface area contributed by atoms with Crippen molar-refractivity contribution in [3.63, 3.8) is 0 Å². The molecule has 0 saturated carbocycles. The van der Waals surface area contributed by atoms with Crippen LogP contribution in [0.5, 0.6) is 0 Å². The molecule has 0 unspecified atom stereocenters. The molecule has 0 radical (unpaired) electrons. The van der Waals surface area contributed by atoms with E-state index in [0.29, 0.717) is 0 Å². The maximum absolute atomic E-state index is 2.53. The fourth-order valence-corrected chi connectivity index (χ4v) is 4.05. The van der Waals surface area contributed by atoms with Gasteiger partial charge < -0.3 is 0 Å². The summed E-state index contributed by atoms with van der Waals surface area (Å²) in [6.07, 6.45) is 4.52. The minimum atomic E-state index is -0.304. The minimum Gasteiger partial charge on any atom is -0.105 e. The molecule has 0 spiro atoms. The number of rotatable bonds is 0. The van der Waals surface area contributed by atoms with Crippen molar-refractivity contribution in [3.8, 4) is 0 Å². The zero-order valence-electron chi connectivity index (χ0n) is 6.91. The molecule has 0 aliphatic carbocycles. The fraction of sp³-hybridized carbons (Fsp3) is 1.00. The fourth-order valence-electron chi connectivity index (χ4n) is 1.67. The SMILES string of the molecule is [CH3][Al]1[CH2]CCC[C]1(C)C. The van der Waals surface area contributed by atoms with E-state index in [1.165, 1.54) is 19.3 Å². The highest BCUT2D eigenvalue weighted by Crippen LogP contribution is 2.40. The van der Waals surface area contributed by atoms with Crippen LogP contribution in [0.4, 0.5) is 0 Å². The Morgan fingerprint density at radius 3 is 2.22 bits per heavy atom. The Hall–Kier alpha value is 0.532. The molecule has 0 aromatic rings. The topological polar surface area (TPSA) is 0 Å². The Bertz CT molecular complexity index is 96.7. The second-order valence-electron chi connectivity index (χ2n) is 4.14.